The molecular weight excluding hydrogens is 278 g/mol. The van der Waals surface area contributed by atoms with Crippen molar-refractivity contribution in [1.82, 2.24) is 0 Å². The van der Waals surface area contributed by atoms with Crippen LogP contribution in [0.3, 0.4) is 0 Å². The molecule has 1 N–H and O–H groups in total. The number of hydrogen-bond donors (Lipinski definition) is 1. The molecule has 1 fully saturated rings. The van der Waals surface area contributed by atoms with Crippen LogP contribution in [0.25, 0.3) is 0 Å². The van der Waals surface area contributed by atoms with Gasteiger partial charge in [-0.2, -0.15) is 0 Å². The normalized spacial score (nSPS) is 15.9. The summed E-state index contributed by atoms with van der Waals surface area (Å²) in [4.78, 5) is 0. The molecule has 1 aliphatic carbocycles. The number of rotatable bonds is 4. The van der Waals surface area contributed by atoms with E-state index in [9.17, 15) is 0 Å². The van der Waals surface area contributed by atoms with Gasteiger partial charge >= 0.3 is 0 Å². The number of benzene rings is 2. The molecule has 0 unspecified atom stereocenters. The van der Waals surface area contributed by atoms with Crippen LogP contribution in [0.15, 0.2) is 48.5 Å². The summed E-state index contributed by atoms with van der Waals surface area (Å²) in [6, 6.07) is 17.0. The van der Waals surface area contributed by atoms with Crippen LogP contribution in [0.1, 0.15) is 49.1 Å². The van der Waals surface area contributed by atoms with Gasteiger partial charge in [-0.3, -0.25) is 0 Å². The maximum atomic E-state index is 6.15. The zero-order valence-electron chi connectivity index (χ0n) is 12.3. The average molecular weight is 300 g/mol. The third-order valence-electron chi connectivity index (χ3n) is 4.41. The van der Waals surface area contributed by atoms with Gasteiger partial charge in [-0.15, -0.1) is 0 Å². The minimum absolute atomic E-state index is 0.774. The summed E-state index contributed by atoms with van der Waals surface area (Å²) in [5.74, 6) is 0.782. The predicted octanol–water partition coefficient (Wildman–Crippen LogP) is 6.00. The first-order valence-electron chi connectivity index (χ1n) is 7.90. The molecule has 0 bridgehead atoms. The van der Waals surface area contributed by atoms with E-state index in [0.29, 0.717) is 0 Å². The largest absolute Gasteiger partial charge is 0.380 e. The van der Waals surface area contributed by atoms with Gasteiger partial charge in [0.2, 0.25) is 0 Å². The summed E-state index contributed by atoms with van der Waals surface area (Å²) < 4.78 is 0. The van der Waals surface area contributed by atoms with Crippen molar-refractivity contribution in [1.29, 1.82) is 0 Å². The van der Waals surface area contributed by atoms with Gasteiger partial charge in [0.1, 0.15) is 0 Å². The van der Waals surface area contributed by atoms with Crippen LogP contribution in [0.5, 0.6) is 0 Å². The molecule has 0 aromatic heterocycles. The summed E-state index contributed by atoms with van der Waals surface area (Å²) in [5.41, 5.74) is 3.81. The van der Waals surface area contributed by atoms with Gasteiger partial charge in [-0.1, -0.05) is 67.3 Å². The molecule has 110 valence electrons. The van der Waals surface area contributed by atoms with Crippen molar-refractivity contribution in [2.45, 2.75) is 44.6 Å². The Hall–Kier alpha value is -1.47. The number of hydrogen-bond acceptors (Lipinski definition) is 1. The average Bonchev–Trinajstić information content (AvgIpc) is 2.55. The molecule has 0 spiro atoms. The second-order valence-electron chi connectivity index (χ2n) is 5.91. The Labute approximate surface area is 132 Å². The van der Waals surface area contributed by atoms with E-state index in [4.69, 9.17) is 11.6 Å². The predicted molar refractivity (Wildman–Crippen MR) is 91.0 cm³/mol. The third-order valence-corrected chi connectivity index (χ3v) is 4.74. The Balaban J connectivity index is 1.60. The minimum Gasteiger partial charge on any atom is -0.380 e. The van der Waals surface area contributed by atoms with Crippen molar-refractivity contribution in [2.75, 3.05) is 5.32 Å². The molecule has 0 heterocycles. The molecule has 0 saturated heterocycles. The Morgan fingerprint density at radius 2 is 1.62 bits per heavy atom. The fourth-order valence-corrected chi connectivity index (χ4v) is 3.35. The molecule has 0 atom stereocenters. The van der Waals surface area contributed by atoms with E-state index in [-0.39, 0.29) is 0 Å². The maximum absolute atomic E-state index is 6.15. The zero-order chi connectivity index (χ0) is 14.5. The SMILES string of the molecule is Clc1ccccc1NCc1ccc(C2CCCCC2)cc1. The topological polar surface area (TPSA) is 12.0 Å². The third kappa shape index (κ3) is 3.79. The van der Waals surface area contributed by atoms with Crippen molar-refractivity contribution >= 4 is 17.3 Å². The Bertz CT molecular complexity index is 570. The van der Waals surface area contributed by atoms with Gasteiger partial charge < -0.3 is 5.32 Å². The van der Waals surface area contributed by atoms with Crippen LogP contribution in [-0.2, 0) is 6.54 Å². The van der Waals surface area contributed by atoms with E-state index in [0.717, 1.165) is 23.2 Å². The van der Waals surface area contributed by atoms with E-state index in [1.807, 2.05) is 24.3 Å². The Morgan fingerprint density at radius 1 is 0.905 bits per heavy atom. The summed E-state index contributed by atoms with van der Waals surface area (Å²) in [6.45, 7) is 0.814. The fraction of sp³-hybridized carbons (Fsp3) is 0.368. The lowest BCUT2D eigenvalue weighted by atomic mass is 9.84. The van der Waals surface area contributed by atoms with Gasteiger partial charge in [-0.05, 0) is 42.0 Å². The molecule has 2 heteroatoms. The first kappa shape index (κ1) is 14.5. The molecule has 3 rings (SSSR count). The van der Waals surface area contributed by atoms with Gasteiger partial charge in [-0.25, -0.2) is 0 Å². The molecule has 1 saturated carbocycles. The van der Waals surface area contributed by atoms with E-state index < -0.39 is 0 Å². The number of para-hydroxylation sites is 1. The molecule has 0 amide bonds. The smallest absolute Gasteiger partial charge is 0.0637 e. The molecule has 0 aliphatic heterocycles. The molecule has 1 nitrogen and oxygen atoms in total. The highest BCUT2D eigenvalue weighted by Crippen LogP contribution is 2.32. The standard InChI is InChI=1S/C19H22ClN/c20-18-8-4-5-9-19(18)21-14-15-10-12-17(13-11-15)16-6-2-1-3-7-16/h4-5,8-13,16,21H,1-3,6-7,14H2. The van der Waals surface area contributed by atoms with Gasteiger partial charge in [0, 0.05) is 6.54 Å². The van der Waals surface area contributed by atoms with Gasteiger partial charge in [0.15, 0.2) is 0 Å². The maximum Gasteiger partial charge on any atom is 0.0637 e. The van der Waals surface area contributed by atoms with E-state index in [1.54, 1.807) is 0 Å². The molecule has 21 heavy (non-hydrogen) atoms. The highest BCUT2D eigenvalue weighted by atomic mass is 35.5. The summed E-state index contributed by atoms with van der Waals surface area (Å²) in [5, 5.41) is 4.17. The van der Waals surface area contributed by atoms with Crippen molar-refractivity contribution in [3.63, 3.8) is 0 Å². The van der Waals surface area contributed by atoms with Crippen LogP contribution >= 0.6 is 11.6 Å². The zero-order valence-corrected chi connectivity index (χ0v) is 13.1. The number of nitrogens with one attached hydrogen (secondary N) is 1. The summed E-state index contributed by atoms with van der Waals surface area (Å²) >= 11 is 6.15. The highest BCUT2D eigenvalue weighted by molar-refractivity contribution is 6.33. The van der Waals surface area contributed by atoms with E-state index in [1.165, 1.54) is 43.2 Å². The Kier molecular flexibility index (Phi) is 4.82. The fourth-order valence-electron chi connectivity index (χ4n) is 3.15. The minimum atomic E-state index is 0.774. The van der Waals surface area contributed by atoms with Crippen LogP contribution in [0.2, 0.25) is 5.02 Å². The summed E-state index contributed by atoms with van der Waals surface area (Å²) in [6.07, 6.45) is 6.91. The monoisotopic (exact) mass is 299 g/mol. The number of halogens is 1. The molecule has 2 aromatic carbocycles. The lowest BCUT2D eigenvalue weighted by Gasteiger charge is -2.22. The van der Waals surface area contributed by atoms with Crippen LogP contribution in [0, 0.1) is 0 Å². The quantitative estimate of drug-likeness (QED) is 0.730. The highest BCUT2D eigenvalue weighted by Gasteiger charge is 2.14. The second-order valence-corrected chi connectivity index (χ2v) is 6.32. The first-order valence-corrected chi connectivity index (χ1v) is 8.28. The van der Waals surface area contributed by atoms with Crippen molar-refractivity contribution in [2.24, 2.45) is 0 Å². The van der Waals surface area contributed by atoms with Crippen molar-refractivity contribution in [3.05, 3.63) is 64.7 Å². The van der Waals surface area contributed by atoms with Crippen LogP contribution < -0.4 is 5.32 Å². The van der Waals surface area contributed by atoms with Gasteiger partial charge in [0.25, 0.3) is 0 Å². The Morgan fingerprint density at radius 3 is 2.33 bits per heavy atom. The molecule has 2 aromatic rings. The number of anilines is 1. The first-order chi connectivity index (χ1) is 10.3. The van der Waals surface area contributed by atoms with E-state index >= 15 is 0 Å². The van der Waals surface area contributed by atoms with Gasteiger partial charge in [0.05, 0.1) is 10.7 Å². The summed E-state index contributed by atoms with van der Waals surface area (Å²) in [7, 11) is 0. The molecule has 1 aliphatic rings. The molecular formula is C19H22ClN. The van der Waals surface area contributed by atoms with E-state index in [2.05, 4.69) is 29.6 Å². The van der Waals surface area contributed by atoms with Crippen molar-refractivity contribution < 1.29 is 0 Å². The van der Waals surface area contributed by atoms with Crippen LogP contribution in [-0.4, -0.2) is 0 Å². The molecule has 0 radical (unpaired) electrons. The lowest BCUT2D eigenvalue weighted by molar-refractivity contribution is 0.443. The van der Waals surface area contributed by atoms with Crippen molar-refractivity contribution in [3.8, 4) is 0 Å². The van der Waals surface area contributed by atoms with Crippen LogP contribution in [0.4, 0.5) is 5.69 Å². The second kappa shape index (κ2) is 7.00. The lowest BCUT2D eigenvalue weighted by Crippen LogP contribution is -2.05.